The van der Waals surface area contributed by atoms with E-state index in [4.69, 9.17) is 28.4 Å². The molecule has 64 heavy (non-hydrogen) atoms. The first kappa shape index (κ1) is 43.7. The van der Waals surface area contributed by atoms with E-state index in [1.807, 2.05) is 47.3 Å². The zero-order chi connectivity index (χ0) is 45.0. The lowest BCUT2D eigenvalue weighted by molar-refractivity contribution is -0.0547. The number of anilines is 1. The number of imidazole rings is 2. The predicted octanol–water partition coefficient (Wildman–Crippen LogP) is 9.25. The Morgan fingerprint density at radius 2 is 1.31 bits per heavy atom. The summed E-state index contributed by atoms with van der Waals surface area (Å²) in [6.45, 7) is 17.7. The third-order valence-corrected chi connectivity index (χ3v) is 23.6. The Hall–Kier alpha value is -5.56. The van der Waals surface area contributed by atoms with Gasteiger partial charge in [-0.2, -0.15) is 0 Å². The highest BCUT2D eigenvalue weighted by Crippen LogP contribution is 2.49. The number of hydrogen-bond donors (Lipinski definition) is 2. The van der Waals surface area contributed by atoms with E-state index < -0.39 is 47.1 Å². The molecule has 2 aliphatic heterocycles. The SMILES string of the molecule is CC(C)[Si]1(C(C)C)OC[C@H]2O[C@@H](n3cnc4c(N)ncnc43)[C@H](NC(=O)c3ccc4c(c3)ncn4C(c3ccccc3)(c3ccccc3)c3ccccc3)[C@@H]2O[Si](C(C)C)(C(C)C)O1. The molecule has 15 heteroatoms. The van der Waals surface area contributed by atoms with Crippen molar-refractivity contribution in [3.05, 3.63) is 150 Å². The summed E-state index contributed by atoms with van der Waals surface area (Å²) in [5, 5.41) is 3.40. The number of aromatic nitrogens is 6. The number of nitrogens with one attached hydrogen (secondary N) is 1. The molecule has 4 aromatic carbocycles. The van der Waals surface area contributed by atoms with Crippen LogP contribution in [-0.4, -0.2) is 77.0 Å². The Morgan fingerprint density at radius 3 is 1.88 bits per heavy atom. The van der Waals surface area contributed by atoms with E-state index in [-0.39, 0.29) is 40.5 Å². The molecule has 2 fully saturated rings. The molecule has 3 aromatic heterocycles. The Balaban J connectivity index is 1.14. The van der Waals surface area contributed by atoms with Crippen LogP contribution < -0.4 is 11.1 Å². The van der Waals surface area contributed by atoms with Crippen LogP contribution in [0.2, 0.25) is 22.2 Å². The van der Waals surface area contributed by atoms with Crippen molar-refractivity contribution in [1.82, 2.24) is 34.4 Å². The molecule has 0 saturated carbocycles. The number of nitrogens with two attached hydrogens (primary N) is 1. The van der Waals surface area contributed by atoms with Gasteiger partial charge >= 0.3 is 17.1 Å². The van der Waals surface area contributed by atoms with Crippen LogP contribution in [0, 0.1) is 0 Å². The molecule has 1 amide bonds. The van der Waals surface area contributed by atoms with E-state index >= 15 is 0 Å². The molecule has 13 nitrogen and oxygen atoms in total. The molecule has 2 saturated heterocycles. The summed E-state index contributed by atoms with van der Waals surface area (Å²) >= 11 is 0. The van der Waals surface area contributed by atoms with E-state index in [1.54, 1.807) is 6.33 Å². The van der Waals surface area contributed by atoms with Gasteiger partial charge in [0.15, 0.2) is 17.7 Å². The second-order valence-electron chi connectivity index (χ2n) is 18.3. The number of fused-ring (bicyclic) bond motifs is 3. The van der Waals surface area contributed by atoms with E-state index in [0.717, 1.165) is 22.2 Å². The van der Waals surface area contributed by atoms with E-state index in [0.29, 0.717) is 22.2 Å². The molecule has 0 unspecified atom stereocenters. The minimum atomic E-state index is -3.13. The fraction of sp³-hybridized carbons (Fsp3) is 0.367. The summed E-state index contributed by atoms with van der Waals surface area (Å²) in [5.41, 5.74) is 12.0. The van der Waals surface area contributed by atoms with Gasteiger partial charge in [-0.1, -0.05) is 146 Å². The van der Waals surface area contributed by atoms with Crippen LogP contribution in [0.25, 0.3) is 22.2 Å². The topological polar surface area (TPSA) is 153 Å². The zero-order valence-corrected chi connectivity index (χ0v) is 39.8. The number of amides is 1. The van der Waals surface area contributed by atoms with Crippen LogP contribution in [0.1, 0.15) is 88.7 Å². The molecule has 7 aromatic rings. The number of carbonyl (C=O) groups excluding carboxylic acids is 1. The summed E-state index contributed by atoms with van der Waals surface area (Å²) in [6, 6.07) is 36.4. The lowest BCUT2D eigenvalue weighted by Crippen LogP contribution is -2.66. The number of rotatable bonds is 11. The molecule has 4 atom stereocenters. The second-order valence-corrected chi connectivity index (χ2v) is 27.2. The number of nitrogen functional groups attached to an aromatic ring is 1. The van der Waals surface area contributed by atoms with Gasteiger partial charge in [0, 0.05) is 5.56 Å². The molecule has 5 heterocycles. The largest absolute Gasteiger partial charge is 0.414 e. The fourth-order valence-corrected chi connectivity index (χ4v) is 21.4. The van der Waals surface area contributed by atoms with Crippen molar-refractivity contribution in [2.45, 2.75) is 108 Å². The van der Waals surface area contributed by atoms with Crippen LogP contribution in [0.4, 0.5) is 5.82 Å². The van der Waals surface area contributed by atoms with Crippen molar-refractivity contribution >= 4 is 51.0 Å². The third kappa shape index (κ3) is 7.09. The Kier molecular flexibility index (Phi) is 11.7. The Morgan fingerprint density at radius 1 is 0.734 bits per heavy atom. The maximum absolute atomic E-state index is 14.9. The van der Waals surface area contributed by atoms with Gasteiger partial charge in [-0.15, -0.1) is 0 Å². The Labute approximate surface area is 376 Å². The van der Waals surface area contributed by atoms with Crippen LogP contribution in [-0.2, 0) is 23.2 Å². The van der Waals surface area contributed by atoms with Gasteiger partial charge in [0.1, 0.15) is 35.6 Å². The standard InChI is InChI=1S/C49H58N8O5Si2/c1-31(2)63(32(3)4)59-27-41-44(61-64(62-63,33(5)6)34(7)8)42(48(60-41)56-29-54-43-45(50)51-28-52-46(43)56)55-47(58)35-24-25-40-39(26-35)53-30-57(40)49(36-18-12-9-13-19-36,37-20-14-10-15-21-37)38-22-16-11-17-23-38/h9-26,28-34,41-42,44,48H,27H2,1-8H3,(H,55,58)(H2,50,51,52)/t41-,42-,44-,48-/m1/s1. The van der Waals surface area contributed by atoms with E-state index in [1.165, 1.54) is 6.33 Å². The van der Waals surface area contributed by atoms with Crippen molar-refractivity contribution < 1.29 is 22.5 Å². The average Bonchev–Trinajstić information content (AvgIpc) is 4.01. The van der Waals surface area contributed by atoms with Crippen LogP contribution in [0.3, 0.4) is 0 Å². The van der Waals surface area contributed by atoms with Gasteiger partial charge in [-0.3, -0.25) is 9.36 Å². The van der Waals surface area contributed by atoms with Crippen molar-refractivity contribution in [1.29, 1.82) is 0 Å². The van der Waals surface area contributed by atoms with Crippen molar-refractivity contribution in [2.24, 2.45) is 0 Å². The maximum Gasteiger partial charge on any atom is 0.335 e. The molecule has 332 valence electrons. The third-order valence-electron chi connectivity index (χ3n) is 13.4. The minimum Gasteiger partial charge on any atom is -0.414 e. The summed E-state index contributed by atoms with van der Waals surface area (Å²) in [5.74, 6) is -0.0581. The summed E-state index contributed by atoms with van der Waals surface area (Å²) in [7, 11) is -6.02. The smallest absolute Gasteiger partial charge is 0.335 e. The van der Waals surface area contributed by atoms with Gasteiger partial charge in [-0.25, -0.2) is 19.9 Å². The quantitative estimate of drug-likeness (QED) is 0.0949. The first-order chi connectivity index (χ1) is 30.8. The first-order valence-corrected chi connectivity index (χ1v) is 26.3. The monoisotopic (exact) mass is 894 g/mol. The number of carbonyl (C=O) groups is 1. The minimum absolute atomic E-state index is 0.0588. The lowest BCUT2D eigenvalue weighted by Gasteiger charge is -2.51. The molecular formula is C49H58N8O5Si2. The average molecular weight is 895 g/mol. The molecule has 3 N–H and O–H groups in total. The lowest BCUT2D eigenvalue weighted by atomic mass is 9.76. The fourth-order valence-electron chi connectivity index (χ4n) is 10.2. The van der Waals surface area contributed by atoms with E-state index in [2.05, 4.69) is 153 Å². The molecule has 0 radical (unpaired) electrons. The highest BCUT2D eigenvalue weighted by Gasteiger charge is 2.62. The normalized spacial score (nSPS) is 21.1. The summed E-state index contributed by atoms with van der Waals surface area (Å²) in [6.07, 6.45) is 2.95. The Bertz CT molecular complexity index is 2630. The number of ether oxygens (including phenoxy) is 1. The predicted molar refractivity (Wildman–Crippen MR) is 253 cm³/mol. The first-order valence-electron chi connectivity index (χ1n) is 22.4. The molecular weight excluding hydrogens is 837 g/mol. The van der Waals surface area contributed by atoms with Crippen molar-refractivity contribution in [3.63, 3.8) is 0 Å². The molecule has 9 rings (SSSR count). The highest BCUT2D eigenvalue weighted by molar-refractivity contribution is 6.84. The highest BCUT2D eigenvalue weighted by atomic mass is 28.5. The van der Waals surface area contributed by atoms with Gasteiger partial charge in [0.05, 0.1) is 30.3 Å². The zero-order valence-electron chi connectivity index (χ0n) is 37.8. The molecule has 2 aliphatic rings. The van der Waals surface area contributed by atoms with Gasteiger partial charge in [0.2, 0.25) is 0 Å². The summed E-state index contributed by atoms with van der Waals surface area (Å²) in [4.78, 5) is 33.2. The van der Waals surface area contributed by atoms with Crippen LogP contribution >= 0.6 is 0 Å². The number of hydrogen-bond acceptors (Lipinski definition) is 10. The van der Waals surface area contributed by atoms with E-state index in [9.17, 15) is 4.79 Å². The molecule has 0 bridgehead atoms. The second kappa shape index (κ2) is 17.1. The molecule has 0 aliphatic carbocycles. The van der Waals surface area contributed by atoms with Crippen molar-refractivity contribution in [2.75, 3.05) is 12.3 Å². The van der Waals surface area contributed by atoms with Gasteiger partial charge < -0.3 is 33.3 Å². The van der Waals surface area contributed by atoms with Crippen LogP contribution in [0.5, 0.6) is 0 Å². The van der Waals surface area contributed by atoms with Crippen LogP contribution in [0.15, 0.2) is 128 Å². The van der Waals surface area contributed by atoms with Gasteiger partial charge in [0.25, 0.3) is 5.91 Å². The van der Waals surface area contributed by atoms with Gasteiger partial charge in [-0.05, 0) is 57.1 Å². The summed E-state index contributed by atoms with van der Waals surface area (Å²) < 4.78 is 33.2. The number of benzene rings is 4. The number of nitrogens with zero attached hydrogens (tertiary/aromatic N) is 6. The maximum atomic E-state index is 14.9. The van der Waals surface area contributed by atoms with Crippen molar-refractivity contribution in [3.8, 4) is 0 Å². The molecule has 0 spiro atoms.